The van der Waals surface area contributed by atoms with E-state index in [1.54, 1.807) is 0 Å². The molecule has 2 unspecified atom stereocenters. The number of aromatic nitrogens is 4. The van der Waals surface area contributed by atoms with E-state index in [1.807, 2.05) is 23.1 Å². The van der Waals surface area contributed by atoms with Gasteiger partial charge in [-0.25, -0.2) is 9.97 Å². The van der Waals surface area contributed by atoms with Crippen molar-refractivity contribution in [3.05, 3.63) is 176 Å². The quantitative estimate of drug-likeness (QED) is 0.179. The van der Waals surface area contributed by atoms with Crippen LogP contribution in [0.15, 0.2) is 175 Å². The minimum Gasteiger partial charge on any atom is -0.309 e. The van der Waals surface area contributed by atoms with Gasteiger partial charge in [0.2, 0.25) is 5.95 Å². The third-order valence-electron chi connectivity index (χ3n) is 12.6. The van der Waals surface area contributed by atoms with Gasteiger partial charge in [-0.1, -0.05) is 121 Å². The Labute approximate surface area is 340 Å². The first-order chi connectivity index (χ1) is 28.8. The van der Waals surface area contributed by atoms with Gasteiger partial charge in [-0.15, -0.1) is 23.1 Å². The van der Waals surface area contributed by atoms with E-state index in [2.05, 4.69) is 179 Å². The molecule has 58 heavy (non-hydrogen) atoms. The molecule has 4 nitrogen and oxygen atoms in total. The van der Waals surface area contributed by atoms with Crippen LogP contribution in [-0.2, 0) is 0 Å². The molecule has 2 aliphatic rings. The minimum atomic E-state index is 0.166. The number of allylic oxidation sites excluding steroid dienone is 3. The first-order valence-corrected chi connectivity index (χ1v) is 21.5. The molecule has 1 aliphatic heterocycles. The topological polar surface area (TPSA) is 35.6 Å². The fourth-order valence-corrected chi connectivity index (χ4v) is 12.8. The average Bonchev–Trinajstić information content (AvgIpc) is 4.03. The zero-order valence-corrected chi connectivity index (χ0v) is 32.6. The van der Waals surface area contributed by atoms with Crippen molar-refractivity contribution < 1.29 is 0 Å². The molecule has 0 radical (unpaired) electrons. The highest BCUT2D eigenvalue weighted by Gasteiger charge is 2.37. The van der Waals surface area contributed by atoms with Crippen LogP contribution in [0.5, 0.6) is 0 Å². The SMILES string of the molecule is C1=CC2Sc3c(-c4cccc5sc6ccccc6c45)nc(-n4c5cccc6c7ccccc7c7cccc8c7c7c(c65)c4ccc7n8-c4ccccc4)nc3C2C=C1. The lowest BCUT2D eigenvalue weighted by Crippen LogP contribution is -2.11. The first kappa shape index (κ1) is 31.4. The number of nitrogens with zero attached hydrogens (tertiary/aromatic N) is 4. The lowest BCUT2D eigenvalue weighted by atomic mass is 9.95. The summed E-state index contributed by atoms with van der Waals surface area (Å²) in [5, 5.41) is 12.8. The highest BCUT2D eigenvalue weighted by molar-refractivity contribution is 8.00. The summed E-state index contributed by atoms with van der Waals surface area (Å²) in [6, 6.07) is 53.5. The van der Waals surface area contributed by atoms with Crippen LogP contribution in [0.25, 0.3) is 108 Å². The molecule has 0 spiro atoms. The normalized spacial score (nSPS) is 16.4. The lowest BCUT2D eigenvalue weighted by Gasteiger charge is -2.15. The predicted molar refractivity (Wildman–Crippen MR) is 246 cm³/mol. The molecule has 1 aliphatic carbocycles. The maximum absolute atomic E-state index is 5.74. The average molecular weight is 775 g/mol. The number of para-hydroxylation sites is 1. The molecule has 0 amide bonds. The van der Waals surface area contributed by atoms with Crippen molar-refractivity contribution >= 4 is 108 Å². The van der Waals surface area contributed by atoms with Gasteiger partial charge in [0.05, 0.1) is 38.4 Å². The van der Waals surface area contributed by atoms with Crippen molar-refractivity contribution in [2.45, 2.75) is 16.1 Å². The summed E-state index contributed by atoms with van der Waals surface area (Å²) in [7, 11) is 0. The molecule has 6 heteroatoms. The van der Waals surface area contributed by atoms with E-state index in [4.69, 9.17) is 9.97 Å². The van der Waals surface area contributed by atoms with Crippen LogP contribution in [0.2, 0.25) is 0 Å². The van der Waals surface area contributed by atoms with Gasteiger partial charge < -0.3 is 4.57 Å². The molecule has 0 bridgehead atoms. The number of thioether (sulfide) groups is 1. The van der Waals surface area contributed by atoms with Crippen molar-refractivity contribution in [3.63, 3.8) is 0 Å². The number of benzene rings is 7. The molecule has 5 heterocycles. The van der Waals surface area contributed by atoms with E-state index in [1.165, 1.54) is 84.8 Å². The lowest BCUT2D eigenvalue weighted by molar-refractivity contribution is 0.810. The van der Waals surface area contributed by atoms with E-state index in [0.29, 0.717) is 5.95 Å². The summed E-state index contributed by atoms with van der Waals surface area (Å²) in [6.07, 6.45) is 9.03. The zero-order valence-electron chi connectivity index (χ0n) is 30.9. The van der Waals surface area contributed by atoms with Crippen LogP contribution in [0.4, 0.5) is 0 Å². The molecule has 0 saturated carbocycles. The Balaban J connectivity index is 1.18. The second-order valence-corrected chi connectivity index (χ2v) is 17.8. The van der Waals surface area contributed by atoms with Crippen molar-refractivity contribution in [3.8, 4) is 22.9 Å². The van der Waals surface area contributed by atoms with E-state index >= 15 is 0 Å². The second kappa shape index (κ2) is 11.4. The van der Waals surface area contributed by atoms with Gasteiger partial charge in [-0.2, -0.15) is 0 Å². The minimum absolute atomic E-state index is 0.166. The Morgan fingerprint density at radius 1 is 0.448 bits per heavy atom. The third kappa shape index (κ3) is 4.01. The number of hydrogen-bond donors (Lipinski definition) is 0. The van der Waals surface area contributed by atoms with E-state index in [9.17, 15) is 0 Å². The van der Waals surface area contributed by atoms with Crippen LogP contribution >= 0.6 is 23.1 Å². The Morgan fingerprint density at radius 2 is 1.05 bits per heavy atom. The molecule has 8 aromatic carbocycles. The molecular formula is C52H30N4S2. The summed E-state index contributed by atoms with van der Waals surface area (Å²) in [6.45, 7) is 0. The van der Waals surface area contributed by atoms with Crippen LogP contribution in [0.3, 0.4) is 0 Å². The summed E-state index contributed by atoms with van der Waals surface area (Å²) >= 11 is 3.76. The molecule has 270 valence electrons. The molecule has 0 fully saturated rings. The van der Waals surface area contributed by atoms with E-state index < -0.39 is 0 Å². The molecule has 0 saturated heterocycles. The van der Waals surface area contributed by atoms with Gasteiger partial charge >= 0.3 is 0 Å². The van der Waals surface area contributed by atoms with Gasteiger partial charge in [-0.3, -0.25) is 4.57 Å². The van der Waals surface area contributed by atoms with Gasteiger partial charge in [0, 0.05) is 64.1 Å². The Bertz CT molecular complexity index is 3790. The number of fused-ring (bicyclic) bond motifs is 9. The summed E-state index contributed by atoms with van der Waals surface area (Å²) in [5.74, 6) is 0.880. The standard InChI is InChI=1S/C52H30N4S2/c1-2-13-29(14-3-1)55-37-22-10-19-32-30-15-4-5-16-31(30)33-20-11-23-38-46(33)48-40(28-27-39(55)47(48)45(32)37)56(38)52-53-49-35-18-7-9-25-42(35)58-51(49)50(54-52)36-21-12-26-43-44(36)34-17-6-8-24-41(34)57-43/h1-28,35,42H. The van der Waals surface area contributed by atoms with Crippen molar-refractivity contribution in [2.75, 3.05) is 0 Å². The fraction of sp³-hybridized carbons (Fsp3) is 0.0385. The van der Waals surface area contributed by atoms with Crippen molar-refractivity contribution in [1.82, 2.24) is 19.1 Å². The van der Waals surface area contributed by atoms with E-state index in [-0.39, 0.29) is 11.2 Å². The predicted octanol–water partition coefficient (Wildman–Crippen LogP) is 14.1. The van der Waals surface area contributed by atoms with Crippen LogP contribution in [-0.4, -0.2) is 24.4 Å². The van der Waals surface area contributed by atoms with Gasteiger partial charge in [0.1, 0.15) is 0 Å². The molecule has 0 N–H and O–H groups in total. The Kier molecular flexibility index (Phi) is 6.19. The largest absolute Gasteiger partial charge is 0.309 e. The first-order valence-electron chi connectivity index (χ1n) is 19.8. The summed E-state index contributed by atoms with van der Waals surface area (Å²) < 4.78 is 7.39. The molecular weight excluding hydrogens is 745 g/mol. The van der Waals surface area contributed by atoms with Crippen molar-refractivity contribution in [2.24, 2.45) is 0 Å². The molecule has 4 aromatic heterocycles. The maximum atomic E-state index is 5.74. The molecule has 12 aromatic rings. The molecule has 2 atom stereocenters. The van der Waals surface area contributed by atoms with Gasteiger partial charge in [0.25, 0.3) is 0 Å². The van der Waals surface area contributed by atoms with Crippen LogP contribution < -0.4 is 0 Å². The molecule has 14 rings (SSSR count). The fourth-order valence-electron chi connectivity index (χ4n) is 10.3. The third-order valence-corrected chi connectivity index (χ3v) is 15.1. The smallest absolute Gasteiger partial charge is 0.235 e. The number of rotatable bonds is 3. The van der Waals surface area contributed by atoms with Gasteiger partial charge in [-0.05, 0) is 70.1 Å². The summed E-state index contributed by atoms with van der Waals surface area (Å²) in [4.78, 5) is 12.6. The highest BCUT2D eigenvalue weighted by atomic mass is 32.2. The Hall–Kier alpha value is -6.73. The monoisotopic (exact) mass is 774 g/mol. The summed E-state index contributed by atoms with van der Waals surface area (Å²) in [5.41, 5.74) is 9.06. The van der Waals surface area contributed by atoms with E-state index in [0.717, 1.165) is 28.1 Å². The second-order valence-electron chi connectivity index (χ2n) is 15.5. The zero-order chi connectivity index (χ0) is 37.6. The van der Waals surface area contributed by atoms with Crippen LogP contribution in [0, 0.1) is 0 Å². The highest BCUT2D eigenvalue weighted by Crippen LogP contribution is 2.53. The maximum Gasteiger partial charge on any atom is 0.235 e. The Morgan fingerprint density at radius 3 is 1.83 bits per heavy atom. The number of thiophene rings is 1. The van der Waals surface area contributed by atoms with Gasteiger partial charge in [0.15, 0.2) is 0 Å². The van der Waals surface area contributed by atoms with Crippen molar-refractivity contribution in [1.29, 1.82) is 0 Å². The van der Waals surface area contributed by atoms with Crippen LogP contribution in [0.1, 0.15) is 11.6 Å². The number of hydrogen-bond acceptors (Lipinski definition) is 4.